The highest BCUT2D eigenvalue weighted by Gasteiger charge is 2.60. The highest BCUT2D eigenvalue weighted by molar-refractivity contribution is 5.89. The summed E-state index contributed by atoms with van der Waals surface area (Å²) in [6.45, 7) is 6.80. The molecule has 5 rings (SSSR count). The van der Waals surface area contributed by atoms with Gasteiger partial charge in [0.2, 0.25) is 0 Å². The molecule has 0 N–H and O–H groups in total. The predicted octanol–water partition coefficient (Wildman–Crippen LogP) is 6.46. The molecule has 31 heavy (non-hydrogen) atoms. The van der Waals surface area contributed by atoms with E-state index in [1.54, 1.807) is 0 Å². The Hall–Kier alpha value is -1.64. The van der Waals surface area contributed by atoms with Crippen LogP contribution in [-0.2, 0) is 9.53 Å². The summed E-state index contributed by atoms with van der Waals surface area (Å²) in [6.07, 6.45) is 10.7. The first kappa shape index (κ1) is 21.2. The van der Waals surface area contributed by atoms with Gasteiger partial charge in [-0.05, 0) is 111 Å². The van der Waals surface area contributed by atoms with Crippen LogP contribution >= 0.6 is 0 Å². The van der Waals surface area contributed by atoms with E-state index in [0.29, 0.717) is 22.7 Å². The minimum Gasteiger partial charge on any atom is -0.459 e. The first-order valence-electron chi connectivity index (χ1n) is 12.6. The number of ether oxygens (including phenoxy) is 1. The van der Waals surface area contributed by atoms with Gasteiger partial charge in [0.05, 0.1) is 5.56 Å². The maximum Gasteiger partial charge on any atom is 0.338 e. The highest BCUT2D eigenvalue weighted by atomic mass is 16.5. The van der Waals surface area contributed by atoms with E-state index in [9.17, 15) is 9.59 Å². The second-order valence-electron chi connectivity index (χ2n) is 11.6. The van der Waals surface area contributed by atoms with Gasteiger partial charge in [-0.15, -0.1) is 0 Å². The Balaban J connectivity index is 1.28. The Bertz CT molecular complexity index is 847. The Labute approximate surface area is 187 Å². The summed E-state index contributed by atoms with van der Waals surface area (Å²) in [7, 11) is 0. The van der Waals surface area contributed by atoms with Crippen LogP contribution in [0.2, 0.25) is 0 Å². The molecule has 0 spiro atoms. The summed E-state index contributed by atoms with van der Waals surface area (Å²) < 4.78 is 5.96. The van der Waals surface area contributed by atoms with Crippen LogP contribution in [0.5, 0.6) is 0 Å². The van der Waals surface area contributed by atoms with Crippen LogP contribution in [0.4, 0.5) is 0 Å². The molecule has 0 radical (unpaired) electrons. The summed E-state index contributed by atoms with van der Waals surface area (Å²) >= 11 is 0. The van der Waals surface area contributed by atoms with Crippen LogP contribution in [0.15, 0.2) is 30.3 Å². The second kappa shape index (κ2) is 7.74. The third kappa shape index (κ3) is 3.38. The fourth-order valence-electron chi connectivity index (χ4n) is 8.79. The summed E-state index contributed by atoms with van der Waals surface area (Å²) in [5, 5.41) is 0. The molecule has 4 fully saturated rings. The lowest BCUT2D eigenvalue weighted by Crippen LogP contribution is -2.54. The molecule has 5 unspecified atom stereocenters. The average molecular weight is 423 g/mol. The average Bonchev–Trinajstić information content (AvgIpc) is 3.12. The first-order chi connectivity index (χ1) is 14.8. The summed E-state index contributed by atoms with van der Waals surface area (Å²) in [6, 6.07) is 9.41. The Morgan fingerprint density at radius 2 is 1.58 bits per heavy atom. The van der Waals surface area contributed by atoms with Crippen molar-refractivity contribution in [2.75, 3.05) is 0 Å². The highest BCUT2D eigenvalue weighted by Crippen LogP contribution is 2.67. The summed E-state index contributed by atoms with van der Waals surface area (Å²) in [5.41, 5.74) is 1.26. The number of benzene rings is 1. The van der Waals surface area contributed by atoms with Crippen LogP contribution < -0.4 is 0 Å². The van der Waals surface area contributed by atoms with Crippen molar-refractivity contribution < 1.29 is 14.3 Å². The summed E-state index contributed by atoms with van der Waals surface area (Å²) in [5.74, 6) is 3.49. The van der Waals surface area contributed by atoms with E-state index >= 15 is 0 Å². The third-order valence-corrected chi connectivity index (χ3v) is 10.4. The van der Waals surface area contributed by atoms with E-state index in [-0.39, 0.29) is 23.4 Å². The standard InChI is InChI=1S/C28H38O3/c1-18(29)23-11-12-24-22-10-9-20-17-21(31-26(30)19-7-5-4-6-8-19)13-15-27(20,2)25(22)14-16-28(23,24)3/h4-8,20-25H,9-17H2,1-3H3/t20?,21-,22?,23?,24?,25?,27-,28+/m0/s1. The molecule has 0 amide bonds. The van der Waals surface area contributed by atoms with Gasteiger partial charge < -0.3 is 4.74 Å². The molecule has 0 bridgehead atoms. The molecule has 3 heteroatoms. The molecule has 0 aliphatic heterocycles. The monoisotopic (exact) mass is 422 g/mol. The number of carbonyl (C=O) groups is 2. The van der Waals surface area contributed by atoms with E-state index in [0.717, 1.165) is 37.0 Å². The van der Waals surface area contributed by atoms with E-state index in [2.05, 4.69) is 13.8 Å². The molecule has 4 saturated carbocycles. The van der Waals surface area contributed by atoms with Crippen molar-refractivity contribution in [2.24, 2.45) is 40.4 Å². The quantitative estimate of drug-likeness (QED) is 0.525. The zero-order chi connectivity index (χ0) is 21.8. The van der Waals surface area contributed by atoms with Crippen molar-refractivity contribution in [1.82, 2.24) is 0 Å². The van der Waals surface area contributed by atoms with Crippen molar-refractivity contribution in [3.05, 3.63) is 35.9 Å². The summed E-state index contributed by atoms with van der Waals surface area (Å²) in [4.78, 5) is 24.9. The molecule has 168 valence electrons. The molecule has 0 heterocycles. The van der Waals surface area contributed by atoms with E-state index in [4.69, 9.17) is 4.74 Å². The third-order valence-electron chi connectivity index (χ3n) is 10.4. The molecule has 4 aliphatic rings. The minimum absolute atomic E-state index is 0.0600. The van der Waals surface area contributed by atoms with Crippen molar-refractivity contribution in [1.29, 1.82) is 0 Å². The lowest BCUT2D eigenvalue weighted by Gasteiger charge is -2.61. The molecule has 8 atom stereocenters. The molecule has 4 aliphatic carbocycles. The molecule has 1 aromatic carbocycles. The fraction of sp³-hybridized carbons (Fsp3) is 0.714. The maximum atomic E-state index is 12.6. The van der Waals surface area contributed by atoms with Crippen LogP contribution in [-0.4, -0.2) is 17.9 Å². The largest absolute Gasteiger partial charge is 0.459 e. The van der Waals surface area contributed by atoms with Gasteiger partial charge in [0.1, 0.15) is 11.9 Å². The second-order valence-corrected chi connectivity index (χ2v) is 11.6. The van der Waals surface area contributed by atoms with Gasteiger partial charge in [0.15, 0.2) is 0 Å². The van der Waals surface area contributed by atoms with Gasteiger partial charge in [0, 0.05) is 5.92 Å². The predicted molar refractivity (Wildman–Crippen MR) is 122 cm³/mol. The van der Waals surface area contributed by atoms with Crippen molar-refractivity contribution in [3.8, 4) is 0 Å². The van der Waals surface area contributed by atoms with Crippen LogP contribution in [0.1, 0.15) is 88.9 Å². The lowest BCUT2D eigenvalue weighted by atomic mass is 9.44. The topological polar surface area (TPSA) is 43.4 Å². The fourth-order valence-corrected chi connectivity index (χ4v) is 8.79. The number of esters is 1. The number of Topliss-reactive ketones (excluding diaryl/α,β-unsaturated/α-hetero) is 1. The van der Waals surface area contributed by atoms with Gasteiger partial charge in [-0.25, -0.2) is 4.79 Å². The van der Waals surface area contributed by atoms with E-state index in [1.807, 2.05) is 37.3 Å². The number of carbonyl (C=O) groups excluding carboxylic acids is 2. The number of hydrogen-bond donors (Lipinski definition) is 0. The lowest BCUT2D eigenvalue weighted by molar-refractivity contribution is -0.138. The normalized spacial score (nSPS) is 44.0. The molecule has 0 aromatic heterocycles. The Morgan fingerprint density at radius 3 is 2.32 bits per heavy atom. The van der Waals surface area contributed by atoms with Gasteiger partial charge in [-0.1, -0.05) is 32.0 Å². The van der Waals surface area contributed by atoms with Crippen LogP contribution in [0.3, 0.4) is 0 Å². The molecular formula is C28H38O3. The minimum atomic E-state index is -0.169. The molecule has 0 saturated heterocycles. The van der Waals surface area contributed by atoms with E-state index in [1.165, 1.54) is 38.5 Å². The smallest absolute Gasteiger partial charge is 0.338 e. The number of fused-ring (bicyclic) bond motifs is 5. The SMILES string of the molecule is CC(=O)C1CCC2C3CCC4C[C@@H](OC(=O)c5ccccc5)CC[C@]4(C)C3CC[C@]12C. The van der Waals surface area contributed by atoms with Gasteiger partial charge >= 0.3 is 5.97 Å². The first-order valence-corrected chi connectivity index (χ1v) is 12.6. The zero-order valence-electron chi connectivity index (χ0n) is 19.4. The van der Waals surface area contributed by atoms with Gasteiger partial charge in [-0.3, -0.25) is 4.79 Å². The van der Waals surface area contributed by atoms with Crippen molar-refractivity contribution in [2.45, 2.75) is 84.7 Å². The maximum absolute atomic E-state index is 12.6. The van der Waals surface area contributed by atoms with Gasteiger partial charge in [-0.2, -0.15) is 0 Å². The Kier molecular flexibility index (Phi) is 5.30. The molecular weight excluding hydrogens is 384 g/mol. The van der Waals surface area contributed by atoms with Crippen LogP contribution in [0.25, 0.3) is 0 Å². The number of rotatable bonds is 3. The molecule has 3 nitrogen and oxygen atoms in total. The van der Waals surface area contributed by atoms with Gasteiger partial charge in [0.25, 0.3) is 0 Å². The van der Waals surface area contributed by atoms with Crippen molar-refractivity contribution in [3.63, 3.8) is 0 Å². The Morgan fingerprint density at radius 1 is 0.871 bits per heavy atom. The zero-order valence-corrected chi connectivity index (χ0v) is 19.4. The number of ketones is 1. The number of hydrogen-bond acceptors (Lipinski definition) is 3. The van der Waals surface area contributed by atoms with Crippen molar-refractivity contribution >= 4 is 11.8 Å². The van der Waals surface area contributed by atoms with Crippen LogP contribution in [0, 0.1) is 40.4 Å². The van der Waals surface area contributed by atoms with E-state index < -0.39 is 0 Å². The molecule has 1 aromatic rings.